The number of carbonyl (C=O) groups excluding carboxylic acids is 1. The van der Waals surface area contributed by atoms with E-state index in [1.165, 1.54) is 0 Å². The van der Waals surface area contributed by atoms with Crippen LogP contribution in [0, 0.1) is 20.8 Å². The van der Waals surface area contributed by atoms with Crippen LogP contribution in [0.5, 0.6) is 0 Å². The molecule has 3 aromatic rings. The summed E-state index contributed by atoms with van der Waals surface area (Å²) in [6, 6.07) is 11.3. The van der Waals surface area contributed by atoms with Crippen molar-refractivity contribution in [3.8, 4) is 5.69 Å². The lowest BCUT2D eigenvalue weighted by Crippen LogP contribution is -2.43. The highest BCUT2D eigenvalue weighted by atomic mass is 35.5. The molecule has 31 heavy (non-hydrogen) atoms. The lowest BCUT2D eigenvalue weighted by atomic mass is 10.1. The maximum atomic E-state index is 12.8. The molecule has 164 valence electrons. The molecular weight excluding hydrogens is 416 g/mol. The summed E-state index contributed by atoms with van der Waals surface area (Å²) >= 11 is 6.25. The number of carbonyl (C=O) groups is 1. The van der Waals surface area contributed by atoms with E-state index >= 15 is 0 Å². The van der Waals surface area contributed by atoms with E-state index in [9.17, 15) is 4.79 Å². The van der Waals surface area contributed by atoms with E-state index in [1.54, 1.807) is 16.8 Å². The van der Waals surface area contributed by atoms with E-state index < -0.39 is 0 Å². The molecule has 1 atom stereocenters. The molecule has 0 bridgehead atoms. The second kappa shape index (κ2) is 9.26. The number of hydrogen-bond acceptors (Lipinski definition) is 5. The Kier molecular flexibility index (Phi) is 6.46. The maximum Gasteiger partial charge on any atom is 0.251 e. The zero-order valence-corrected chi connectivity index (χ0v) is 18.8. The number of halogens is 1. The van der Waals surface area contributed by atoms with E-state index in [4.69, 9.17) is 20.8 Å². The Labute approximate surface area is 186 Å². The number of furan rings is 1. The van der Waals surface area contributed by atoms with Gasteiger partial charge in [-0.2, -0.15) is 5.10 Å². The molecule has 1 aliphatic rings. The summed E-state index contributed by atoms with van der Waals surface area (Å²) in [5.41, 5.74) is 3.11. The highest BCUT2D eigenvalue weighted by Crippen LogP contribution is 2.24. The van der Waals surface area contributed by atoms with Crippen molar-refractivity contribution in [2.45, 2.75) is 26.8 Å². The molecule has 1 unspecified atom stereocenters. The van der Waals surface area contributed by atoms with Crippen molar-refractivity contribution in [1.29, 1.82) is 0 Å². The van der Waals surface area contributed by atoms with Gasteiger partial charge < -0.3 is 14.5 Å². The van der Waals surface area contributed by atoms with Crippen LogP contribution in [-0.4, -0.2) is 53.4 Å². The first-order valence-corrected chi connectivity index (χ1v) is 10.8. The second-order valence-electron chi connectivity index (χ2n) is 7.77. The van der Waals surface area contributed by atoms with Gasteiger partial charge in [0.2, 0.25) is 0 Å². The number of nitrogens with zero attached hydrogens (tertiary/aromatic N) is 3. The number of amides is 1. The van der Waals surface area contributed by atoms with Crippen LogP contribution < -0.4 is 5.32 Å². The van der Waals surface area contributed by atoms with Crippen molar-refractivity contribution >= 4 is 17.5 Å². The van der Waals surface area contributed by atoms with Gasteiger partial charge in [-0.05, 0) is 57.2 Å². The lowest BCUT2D eigenvalue weighted by molar-refractivity contribution is 0.0117. The zero-order valence-electron chi connectivity index (χ0n) is 18.0. The van der Waals surface area contributed by atoms with Crippen LogP contribution in [0.15, 0.2) is 40.8 Å². The van der Waals surface area contributed by atoms with E-state index in [2.05, 4.69) is 15.3 Å². The average Bonchev–Trinajstić information content (AvgIpc) is 3.33. The number of nitrogens with one attached hydrogen (secondary N) is 1. The van der Waals surface area contributed by atoms with Crippen molar-refractivity contribution in [1.82, 2.24) is 20.0 Å². The largest absolute Gasteiger partial charge is 0.465 e. The van der Waals surface area contributed by atoms with Crippen molar-refractivity contribution in [3.63, 3.8) is 0 Å². The van der Waals surface area contributed by atoms with Gasteiger partial charge in [-0.1, -0.05) is 11.6 Å². The SMILES string of the molecule is Cc1ccc(C(CNC(=O)c2ccc(-n3nc(C)c(Cl)c3C)cc2)N2CCOCC2)o1. The van der Waals surface area contributed by atoms with Gasteiger partial charge in [-0.25, -0.2) is 4.68 Å². The second-order valence-corrected chi connectivity index (χ2v) is 8.14. The lowest BCUT2D eigenvalue weighted by Gasteiger charge is -2.33. The Bertz CT molecular complexity index is 1050. The van der Waals surface area contributed by atoms with Gasteiger partial charge in [-0.15, -0.1) is 0 Å². The minimum absolute atomic E-state index is 0.0299. The summed E-state index contributed by atoms with van der Waals surface area (Å²) in [5, 5.41) is 8.18. The standard InChI is InChI=1S/C23H27ClN4O3/c1-15-4-9-21(31-15)20(27-10-12-30-13-11-27)14-25-23(29)18-5-7-19(8-6-18)28-17(3)22(24)16(2)26-28/h4-9,20H,10-14H2,1-3H3,(H,25,29). The third-order valence-electron chi connectivity index (χ3n) is 5.61. The Hall–Kier alpha value is -2.61. The highest BCUT2D eigenvalue weighted by molar-refractivity contribution is 6.31. The molecule has 7 nitrogen and oxygen atoms in total. The first-order valence-electron chi connectivity index (χ1n) is 10.4. The molecule has 2 aromatic heterocycles. The topological polar surface area (TPSA) is 72.5 Å². The van der Waals surface area contributed by atoms with Crippen LogP contribution in [0.1, 0.15) is 39.3 Å². The summed E-state index contributed by atoms with van der Waals surface area (Å²) in [5.74, 6) is 1.59. The predicted molar refractivity (Wildman–Crippen MR) is 119 cm³/mol. The molecule has 8 heteroatoms. The van der Waals surface area contributed by atoms with Gasteiger partial charge in [0.15, 0.2) is 0 Å². The molecule has 0 radical (unpaired) electrons. The Balaban J connectivity index is 1.45. The number of rotatable bonds is 6. The molecular formula is C23H27ClN4O3. The van der Waals surface area contributed by atoms with E-state index in [1.807, 2.05) is 45.0 Å². The van der Waals surface area contributed by atoms with Crippen LogP contribution in [0.4, 0.5) is 0 Å². The Morgan fingerprint density at radius 1 is 1.13 bits per heavy atom. The van der Waals surface area contributed by atoms with Gasteiger partial charge in [0.25, 0.3) is 5.91 Å². The quantitative estimate of drug-likeness (QED) is 0.627. The minimum atomic E-state index is -0.125. The molecule has 0 aliphatic carbocycles. The van der Waals surface area contributed by atoms with Gasteiger partial charge in [0.05, 0.1) is 41.4 Å². The number of aryl methyl sites for hydroxylation is 2. The fourth-order valence-corrected chi connectivity index (χ4v) is 3.97. The fourth-order valence-electron chi connectivity index (χ4n) is 3.85. The smallest absolute Gasteiger partial charge is 0.251 e. The predicted octanol–water partition coefficient (Wildman–Crippen LogP) is 3.85. The van der Waals surface area contributed by atoms with Crippen LogP contribution in [-0.2, 0) is 4.74 Å². The van der Waals surface area contributed by atoms with Gasteiger partial charge >= 0.3 is 0 Å². The molecule has 1 N–H and O–H groups in total. The number of morpholine rings is 1. The third-order valence-corrected chi connectivity index (χ3v) is 6.16. The first kappa shape index (κ1) is 21.6. The molecule has 3 heterocycles. The van der Waals surface area contributed by atoms with Crippen LogP contribution >= 0.6 is 11.6 Å². The summed E-state index contributed by atoms with van der Waals surface area (Å²) in [4.78, 5) is 15.1. The number of hydrogen-bond donors (Lipinski definition) is 1. The molecule has 1 saturated heterocycles. The van der Waals surface area contributed by atoms with Crippen LogP contribution in [0.3, 0.4) is 0 Å². The maximum absolute atomic E-state index is 12.8. The minimum Gasteiger partial charge on any atom is -0.465 e. The normalized spacial score (nSPS) is 15.7. The van der Waals surface area contributed by atoms with E-state index in [0.717, 1.165) is 41.7 Å². The summed E-state index contributed by atoms with van der Waals surface area (Å²) in [6.45, 7) is 9.16. The van der Waals surface area contributed by atoms with Gasteiger partial charge in [0.1, 0.15) is 11.5 Å². The molecule has 0 spiro atoms. The van der Waals surface area contributed by atoms with E-state index in [0.29, 0.717) is 30.3 Å². The fraction of sp³-hybridized carbons (Fsp3) is 0.391. The van der Waals surface area contributed by atoms with Gasteiger partial charge in [0, 0.05) is 25.2 Å². The summed E-state index contributed by atoms with van der Waals surface area (Å²) in [7, 11) is 0. The molecule has 1 aliphatic heterocycles. The monoisotopic (exact) mass is 442 g/mol. The summed E-state index contributed by atoms with van der Waals surface area (Å²) < 4.78 is 13.1. The molecule has 1 amide bonds. The number of aromatic nitrogens is 2. The zero-order chi connectivity index (χ0) is 22.0. The average molecular weight is 443 g/mol. The molecule has 4 rings (SSSR count). The first-order chi connectivity index (χ1) is 14.9. The van der Waals surface area contributed by atoms with Crippen molar-refractivity contribution in [3.05, 3.63) is 69.9 Å². The Morgan fingerprint density at radius 2 is 1.84 bits per heavy atom. The van der Waals surface area contributed by atoms with E-state index in [-0.39, 0.29) is 11.9 Å². The number of ether oxygens (including phenoxy) is 1. The molecule has 1 fully saturated rings. The third kappa shape index (κ3) is 4.69. The Morgan fingerprint density at radius 3 is 2.42 bits per heavy atom. The van der Waals surface area contributed by atoms with Crippen molar-refractivity contribution in [2.24, 2.45) is 0 Å². The number of benzene rings is 1. The molecule has 0 saturated carbocycles. The summed E-state index contributed by atoms with van der Waals surface area (Å²) in [6.07, 6.45) is 0. The van der Waals surface area contributed by atoms with Gasteiger partial charge in [-0.3, -0.25) is 9.69 Å². The molecule has 1 aromatic carbocycles. The van der Waals surface area contributed by atoms with Crippen LogP contribution in [0.2, 0.25) is 5.02 Å². The highest BCUT2D eigenvalue weighted by Gasteiger charge is 2.26. The van der Waals surface area contributed by atoms with Crippen molar-refractivity contribution < 1.29 is 13.9 Å². The van der Waals surface area contributed by atoms with Crippen LogP contribution in [0.25, 0.3) is 5.69 Å². The van der Waals surface area contributed by atoms with Crippen molar-refractivity contribution in [2.75, 3.05) is 32.8 Å².